The van der Waals surface area contributed by atoms with Crippen LogP contribution in [0.3, 0.4) is 0 Å². The Bertz CT molecular complexity index is 1060. The zero-order valence-electron chi connectivity index (χ0n) is 19.9. The van der Waals surface area contributed by atoms with E-state index >= 15 is 0 Å². The van der Waals surface area contributed by atoms with Gasteiger partial charge >= 0.3 is 0 Å². The van der Waals surface area contributed by atoms with Crippen LogP contribution in [0.25, 0.3) is 0 Å². The van der Waals surface area contributed by atoms with Gasteiger partial charge in [0, 0.05) is 44.0 Å². The summed E-state index contributed by atoms with van der Waals surface area (Å²) in [6.07, 6.45) is 0. The van der Waals surface area contributed by atoms with E-state index in [-0.39, 0.29) is 36.5 Å². The van der Waals surface area contributed by atoms with Crippen molar-refractivity contribution in [3.8, 4) is 11.5 Å². The highest BCUT2D eigenvalue weighted by atomic mass is 32.2. The highest BCUT2D eigenvalue weighted by molar-refractivity contribution is 7.89. The van der Waals surface area contributed by atoms with Crippen LogP contribution in [-0.4, -0.2) is 76.5 Å². The Kier molecular flexibility index (Phi) is 7.86. The second-order valence-electron chi connectivity index (χ2n) is 8.36. The molecule has 0 bridgehead atoms. The van der Waals surface area contributed by atoms with Crippen molar-refractivity contribution in [1.29, 1.82) is 0 Å². The van der Waals surface area contributed by atoms with Gasteiger partial charge in [-0.3, -0.25) is 4.79 Å². The fourth-order valence-electron chi connectivity index (χ4n) is 3.86. The maximum absolute atomic E-state index is 13.1. The average molecular weight is 476 g/mol. The molecule has 0 saturated carbocycles. The maximum atomic E-state index is 13.1. The van der Waals surface area contributed by atoms with Crippen LogP contribution in [0.1, 0.15) is 19.4 Å². The molecule has 0 aliphatic carbocycles. The fraction of sp³-hybridized carbons (Fsp3) is 0.458. The molecule has 8 nitrogen and oxygen atoms in total. The summed E-state index contributed by atoms with van der Waals surface area (Å²) in [5, 5.41) is 0. The Balaban J connectivity index is 1.66. The van der Waals surface area contributed by atoms with Gasteiger partial charge in [-0.25, -0.2) is 8.42 Å². The predicted molar refractivity (Wildman–Crippen MR) is 129 cm³/mol. The summed E-state index contributed by atoms with van der Waals surface area (Å²) in [6, 6.07) is 12.8. The zero-order valence-corrected chi connectivity index (χ0v) is 20.8. The summed E-state index contributed by atoms with van der Waals surface area (Å²) < 4.78 is 38.1. The van der Waals surface area contributed by atoms with E-state index in [1.807, 2.05) is 31.2 Å². The number of hydrogen-bond acceptors (Lipinski definition) is 6. The van der Waals surface area contributed by atoms with Crippen LogP contribution in [0.15, 0.2) is 47.4 Å². The van der Waals surface area contributed by atoms with E-state index in [9.17, 15) is 13.2 Å². The first-order valence-electron chi connectivity index (χ1n) is 11.0. The number of carbonyl (C=O) groups is 1. The summed E-state index contributed by atoms with van der Waals surface area (Å²) in [4.78, 5) is 17.0. The van der Waals surface area contributed by atoms with E-state index in [0.29, 0.717) is 24.6 Å². The van der Waals surface area contributed by atoms with E-state index in [2.05, 4.69) is 18.7 Å². The Morgan fingerprint density at radius 2 is 1.58 bits per heavy atom. The molecule has 1 saturated heterocycles. The van der Waals surface area contributed by atoms with Gasteiger partial charge in [0.05, 0.1) is 25.7 Å². The molecule has 2 aromatic rings. The van der Waals surface area contributed by atoms with Crippen molar-refractivity contribution < 1.29 is 22.7 Å². The van der Waals surface area contributed by atoms with Gasteiger partial charge in [-0.1, -0.05) is 17.7 Å². The number of methoxy groups -OCH3 is 2. The van der Waals surface area contributed by atoms with E-state index in [1.165, 1.54) is 36.2 Å². The number of carbonyl (C=O) groups excluding carboxylic acids is 1. The molecule has 33 heavy (non-hydrogen) atoms. The summed E-state index contributed by atoms with van der Waals surface area (Å²) in [7, 11) is -0.733. The van der Waals surface area contributed by atoms with Crippen LogP contribution < -0.4 is 14.4 Å². The molecule has 0 unspecified atom stereocenters. The first-order valence-corrected chi connectivity index (χ1v) is 12.4. The van der Waals surface area contributed by atoms with Gasteiger partial charge in [-0.05, 0) is 45.0 Å². The van der Waals surface area contributed by atoms with Crippen molar-refractivity contribution in [3.05, 3.63) is 48.0 Å². The third-order valence-corrected chi connectivity index (χ3v) is 7.77. The molecule has 0 aromatic heterocycles. The van der Waals surface area contributed by atoms with Gasteiger partial charge in [0.2, 0.25) is 15.9 Å². The van der Waals surface area contributed by atoms with Gasteiger partial charge in [0.15, 0.2) is 11.5 Å². The minimum absolute atomic E-state index is 0.00700. The smallest absolute Gasteiger partial charge is 0.243 e. The summed E-state index contributed by atoms with van der Waals surface area (Å²) >= 11 is 0. The number of nitrogens with zero attached hydrogens (tertiary/aromatic N) is 3. The molecule has 1 amide bonds. The number of benzene rings is 2. The Hall–Kier alpha value is -2.78. The molecule has 1 aliphatic rings. The van der Waals surface area contributed by atoms with E-state index in [0.717, 1.165) is 5.69 Å². The van der Waals surface area contributed by atoms with Crippen LogP contribution in [0, 0.1) is 6.92 Å². The Morgan fingerprint density at radius 1 is 0.970 bits per heavy atom. The lowest BCUT2D eigenvalue weighted by molar-refractivity contribution is -0.130. The summed E-state index contributed by atoms with van der Waals surface area (Å²) in [5.74, 6) is 0.819. The van der Waals surface area contributed by atoms with E-state index in [4.69, 9.17) is 9.47 Å². The van der Waals surface area contributed by atoms with Crippen LogP contribution in [0.4, 0.5) is 5.69 Å². The molecular weight excluding hydrogens is 442 g/mol. The molecule has 0 radical (unpaired) electrons. The van der Waals surface area contributed by atoms with Crippen molar-refractivity contribution in [3.63, 3.8) is 0 Å². The lowest BCUT2D eigenvalue weighted by Crippen LogP contribution is -2.53. The largest absolute Gasteiger partial charge is 0.493 e. The lowest BCUT2D eigenvalue weighted by Gasteiger charge is -2.36. The number of rotatable bonds is 8. The normalized spacial score (nSPS) is 14.9. The summed E-state index contributed by atoms with van der Waals surface area (Å²) in [6.45, 7) is 7.59. The molecule has 2 aromatic carbocycles. The van der Waals surface area contributed by atoms with Crippen LogP contribution in [-0.2, 0) is 14.8 Å². The molecule has 0 spiro atoms. The SMILES string of the molecule is COc1ccc(S(=O)(=O)N2CCN(C(=O)CN(c3ccc(C)cc3)C(C)C)CC2)cc1OC. The van der Waals surface area contributed by atoms with Gasteiger partial charge in [0.1, 0.15) is 0 Å². The second kappa shape index (κ2) is 10.4. The fourth-order valence-corrected chi connectivity index (χ4v) is 5.30. The number of ether oxygens (including phenoxy) is 2. The van der Waals surface area contributed by atoms with Crippen molar-refractivity contribution >= 4 is 21.6 Å². The van der Waals surface area contributed by atoms with Crippen molar-refractivity contribution in [2.45, 2.75) is 31.7 Å². The first-order chi connectivity index (χ1) is 15.7. The Morgan fingerprint density at radius 3 is 2.12 bits per heavy atom. The van der Waals surface area contributed by atoms with Gasteiger partial charge in [-0.2, -0.15) is 4.31 Å². The molecule has 1 aliphatic heterocycles. The van der Waals surface area contributed by atoms with E-state index < -0.39 is 10.0 Å². The van der Waals surface area contributed by atoms with Gasteiger partial charge in [-0.15, -0.1) is 0 Å². The maximum Gasteiger partial charge on any atom is 0.243 e. The second-order valence-corrected chi connectivity index (χ2v) is 10.3. The number of amides is 1. The number of sulfonamides is 1. The van der Waals surface area contributed by atoms with Crippen molar-refractivity contribution in [2.75, 3.05) is 51.8 Å². The topological polar surface area (TPSA) is 79.4 Å². The van der Waals surface area contributed by atoms with Crippen molar-refractivity contribution in [2.24, 2.45) is 0 Å². The molecule has 1 heterocycles. The molecule has 180 valence electrons. The molecule has 1 fully saturated rings. The van der Waals surface area contributed by atoms with Gasteiger partial charge in [0.25, 0.3) is 0 Å². The van der Waals surface area contributed by atoms with Crippen LogP contribution in [0.2, 0.25) is 0 Å². The molecule has 3 rings (SSSR count). The quantitative estimate of drug-likeness (QED) is 0.584. The van der Waals surface area contributed by atoms with Crippen LogP contribution in [0.5, 0.6) is 11.5 Å². The third kappa shape index (κ3) is 5.59. The van der Waals surface area contributed by atoms with Gasteiger partial charge < -0.3 is 19.3 Å². The predicted octanol–water partition coefficient (Wildman–Crippen LogP) is 2.76. The third-order valence-electron chi connectivity index (χ3n) is 5.88. The number of hydrogen-bond donors (Lipinski definition) is 0. The molecular formula is C24H33N3O5S. The zero-order chi connectivity index (χ0) is 24.2. The molecule has 0 N–H and O–H groups in total. The summed E-state index contributed by atoms with van der Waals surface area (Å²) in [5.41, 5.74) is 2.17. The number of anilines is 1. The monoisotopic (exact) mass is 475 g/mol. The van der Waals surface area contributed by atoms with E-state index in [1.54, 1.807) is 11.0 Å². The van der Waals surface area contributed by atoms with Crippen LogP contribution >= 0.6 is 0 Å². The highest BCUT2D eigenvalue weighted by Crippen LogP contribution is 2.31. The standard InChI is InChI=1S/C24H33N3O5S/c1-18(2)27(20-8-6-19(3)7-9-20)17-24(28)25-12-14-26(15-13-25)33(29,30)21-10-11-22(31-4)23(16-21)32-5/h6-11,16,18H,12-15,17H2,1-5H3. The lowest BCUT2D eigenvalue weighted by atomic mass is 10.2. The average Bonchev–Trinajstić information content (AvgIpc) is 2.82. The number of piperazine rings is 1. The minimum Gasteiger partial charge on any atom is -0.493 e. The first kappa shape index (κ1) is 24.9. The minimum atomic E-state index is -3.70. The molecule has 0 atom stereocenters. The van der Waals surface area contributed by atoms with Crippen molar-refractivity contribution in [1.82, 2.24) is 9.21 Å². The Labute approximate surface area is 196 Å². The highest BCUT2D eigenvalue weighted by Gasteiger charge is 2.31. The molecule has 9 heteroatoms. The number of aryl methyl sites for hydroxylation is 1.